The topological polar surface area (TPSA) is 29.1 Å². The smallest absolute Gasteiger partial charge is 0.247 e. The Bertz CT molecular complexity index is 404. The Kier molecular flexibility index (Phi) is 2.82. The van der Waals surface area contributed by atoms with E-state index in [1.54, 1.807) is 0 Å². The predicted molar refractivity (Wildman–Crippen MR) is 64.9 cm³/mol. The van der Waals surface area contributed by atoms with Crippen LogP contribution in [0.2, 0.25) is 0 Å². The summed E-state index contributed by atoms with van der Waals surface area (Å²) >= 11 is 0. The number of hydrogen-bond donors (Lipinski definition) is 1. The van der Waals surface area contributed by atoms with Crippen LogP contribution >= 0.6 is 0 Å². The van der Waals surface area contributed by atoms with Gasteiger partial charge in [0.2, 0.25) is 5.91 Å². The number of benzene rings is 1. The van der Waals surface area contributed by atoms with Gasteiger partial charge in [0.1, 0.15) is 0 Å². The molecule has 2 heteroatoms. The molecule has 84 valence electrons. The summed E-state index contributed by atoms with van der Waals surface area (Å²) in [5, 5.41) is 3.10. The van der Waals surface area contributed by atoms with Crippen molar-refractivity contribution < 1.29 is 4.79 Å². The number of rotatable bonds is 4. The lowest BCUT2D eigenvalue weighted by molar-refractivity contribution is -0.118. The van der Waals surface area contributed by atoms with Crippen molar-refractivity contribution in [2.75, 3.05) is 0 Å². The summed E-state index contributed by atoms with van der Waals surface area (Å²) < 4.78 is 0. The predicted octanol–water partition coefficient (Wildman–Crippen LogP) is 2.76. The first-order valence-electron chi connectivity index (χ1n) is 5.74. The molecule has 0 unspecified atom stereocenters. The van der Waals surface area contributed by atoms with E-state index in [2.05, 4.69) is 24.0 Å². The molecule has 0 saturated heterocycles. The highest BCUT2D eigenvalue weighted by atomic mass is 16.1. The molecule has 0 bridgehead atoms. The maximum atomic E-state index is 11.8. The lowest BCUT2D eigenvalue weighted by Gasteiger charge is -2.18. The summed E-state index contributed by atoms with van der Waals surface area (Å²) in [6.45, 7) is 5.72. The van der Waals surface area contributed by atoms with Crippen molar-refractivity contribution in [2.45, 2.75) is 31.7 Å². The van der Waals surface area contributed by atoms with Gasteiger partial charge in [0, 0.05) is 5.57 Å². The Labute approximate surface area is 96.4 Å². The van der Waals surface area contributed by atoms with E-state index in [0.29, 0.717) is 12.0 Å². The third-order valence-electron chi connectivity index (χ3n) is 3.18. The first kappa shape index (κ1) is 10.9. The normalized spacial score (nSPS) is 16.6. The lowest BCUT2D eigenvalue weighted by atomic mass is 10.0. The van der Waals surface area contributed by atoms with Crippen LogP contribution in [0.25, 0.3) is 0 Å². The monoisotopic (exact) mass is 215 g/mol. The molecule has 2 rings (SSSR count). The van der Waals surface area contributed by atoms with Gasteiger partial charge in [-0.25, -0.2) is 0 Å². The fourth-order valence-corrected chi connectivity index (χ4v) is 1.83. The number of amides is 1. The van der Waals surface area contributed by atoms with Crippen LogP contribution in [0.15, 0.2) is 42.5 Å². The Morgan fingerprint density at radius 2 is 2.00 bits per heavy atom. The van der Waals surface area contributed by atoms with Gasteiger partial charge >= 0.3 is 0 Å². The molecule has 0 radical (unpaired) electrons. The van der Waals surface area contributed by atoms with Gasteiger partial charge in [0.25, 0.3) is 0 Å². The highest BCUT2D eigenvalue weighted by Crippen LogP contribution is 2.45. The molecule has 0 aromatic heterocycles. The summed E-state index contributed by atoms with van der Waals surface area (Å²) in [7, 11) is 0. The van der Waals surface area contributed by atoms with E-state index in [1.165, 1.54) is 5.56 Å². The van der Waals surface area contributed by atoms with Crippen LogP contribution in [-0.4, -0.2) is 5.91 Å². The molecule has 16 heavy (non-hydrogen) atoms. The maximum Gasteiger partial charge on any atom is 0.247 e. The van der Waals surface area contributed by atoms with Crippen molar-refractivity contribution in [1.82, 2.24) is 5.32 Å². The average molecular weight is 215 g/mol. The van der Waals surface area contributed by atoms with Crippen LogP contribution in [-0.2, 0) is 10.3 Å². The number of hydrogen-bond acceptors (Lipinski definition) is 1. The molecule has 1 aromatic carbocycles. The van der Waals surface area contributed by atoms with E-state index in [9.17, 15) is 4.79 Å². The third kappa shape index (κ3) is 2.01. The fourth-order valence-electron chi connectivity index (χ4n) is 1.83. The molecular weight excluding hydrogens is 198 g/mol. The van der Waals surface area contributed by atoms with Crippen molar-refractivity contribution in [2.24, 2.45) is 0 Å². The van der Waals surface area contributed by atoms with Crippen LogP contribution in [0.3, 0.4) is 0 Å². The largest absolute Gasteiger partial charge is 0.343 e. The van der Waals surface area contributed by atoms with Gasteiger partial charge in [0.15, 0.2) is 0 Å². The average Bonchev–Trinajstić information content (AvgIpc) is 3.10. The number of nitrogens with one attached hydrogen (secondary N) is 1. The van der Waals surface area contributed by atoms with Crippen molar-refractivity contribution in [3.63, 3.8) is 0 Å². The van der Waals surface area contributed by atoms with Gasteiger partial charge in [-0.1, -0.05) is 43.8 Å². The molecule has 1 aromatic rings. The molecule has 1 amide bonds. The second-order valence-corrected chi connectivity index (χ2v) is 4.36. The van der Waals surface area contributed by atoms with E-state index in [0.717, 1.165) is 12.8 Å². The molecule has 1 N–H and O–H groups in total. The van der Waals surface area contributed by atoms with Crippen LogP contribution in [0.4, 0.5) is 0 Å². The van der Waals surface area contributed by atoms with Crippen molar-refractivity contribution in [1.29, 1.82) is 0 Å². The molecule has 1 aliphatic rings. The first-order valence-corrected chi connectivity index (χ1v) is 5.74. The third-order valence-corrected chi connectivity index (χ3v) is 3.18. The van der Waals surface area contributed by atoms with E-state index in [4.69, 9.17) is 0 Å². The minimum atomic E-state index is -0.115. The molecule has 0 atom stereocenters. The Hall–Kier alpha value is -1.57. The molecule has 1 aliphatic carbocycles. The van der Waals surface area contributed by atoms with Crippen LogP contribution in [0, 0.1) is 0 Å². The van der Waals surface area contributed by atoms with Crippen LogP contribution in [0.5, 0.6) is 0 Å². The highest BCUT2D eigenvalue weighted by Gasteiger charge is 2.45. The molecule has 0 heterocycles. The maximum absolute atomic E-state index is 11.8. The molecule has 1 saturated carbocycles. The summed E-state index contributed by atoms with van der Waals surface area (Å²) in [6.07, 6.45) is 2.76. The molecular formula is C14H17NO. The molecule has 0 spiro atoms. The van der Waals surface area contributed by atoms with Gasteiger partial charge in [0.05, 0.1) is 5.54 Å². The summed E-state index contributed by atoms with van der Waals surface area (Å²) in [4.78, 5) is 11.8. The van der Waals surface area contributed by atoms with Gasteiger partial charge in [-0.3, -0.25) is 4.79 Å². The van der Waals surface area contributed by atoms with Gasteiger partial charge in [-0.05, 0) is 24.8 Å². The van der Waals surface area contributed by atoms with E-state index >= 15 is 0 Å². The zero-order valence-corrected chi connectivity index (χ0v) is 9.62. The van der Waals surface area contributed by atoms with E-state index < -0.39 is 0 Å². The highest BCUT2D eigenvalue weighted by molar-refractivity contribution is 5.93. The quantitative estimate of drug-likeness (QED) is 0.769. The SMILES string of the molecule is C=C(CC)C(=O)NC1(c2ccccc2)CC1. The van der Waals surface area contributed by atoms with Crippen LogP contribution in [0.1, 0.15) is 31.7 Å². The van der Waals surface area contributed by atoms with Crippen molar-refractivity contribution in [3.8, 4) is 0 Å². The first-order chi connectivity index (χ1) is 7.68. The summed E-state index contributed by atoms with van der Waals surface area (Å²) in [5.41, 5.74) is 1.74. The Balaban J connectivity index is 2.11. The number of carbonyl (C=O) groups excluding carboxylic acids is 1. The van der Waals surface area contributed by atoms with Gasteiger partial charge < -0.3 is 5.32 Å². The minimum absolute atomic E-state index is 0.0103. The zero-order valence-electron chi connectivity index (χ0n) is 9.62. The Morgan fingerprint density at radius 3 is 2.50 bits per heavy atom. The summed E-state index contributed by atoms with van der Waals surface area (Å²) in [5.74, 6) is -0.0103. The second kappa shape index (κ2) is 4.12. The van der Waals surface area contributed by atoms with Crippen molar-refractivity contribution >= 4 is 5.91 Å². The lowest BCUT2D eigenvalue weighted by Crippen LogP contribution is -2.35. The fraction of sp³-hybridized carbons (Fsp3) is 0.357. The van der Waals surface area contributed by atoms with Crippen molar-refractivity contribution in [3.05, 3.63) is 48.0 Å². The van der Waals surface area contributed by atoms with Gasteiger partial charge in [-0.15, -0.1) is 0 Å². The molecule has 2 nitrogen and oxygen atoms in total. The van der Waals surface area contributed by atoms with E-state index in [-0.39, 0.29) is 11.4 Å². The number of carbonyl (C=O) groups is 1. The summed E-state index contributed by atoms with van der Waals surface area (Å²) in [6, 6.07) is 10.2. The molecule has 0 aliphatic heterocycles. The Morgan fingerprint density at radius 1 is 1.38 bits per heavy atom. The van der Waals surface area contributed by atoms with Crippen LogP contribution < -0.4 is 5.32 Å². The van der Waals surface area contributed by atoms with Gasteiger partial charge in [-0.2, -0.15) is 0 Å². The minimum Gasteiger partial charge on any atom is -0.343 e. The molecule has 1 fully saturated rings. The standard InChI is InChI=1S/C14H17NO/c1-3-11(2)13(16)15-14(9-10-14)12-7-5-4-6-8-12/h4-8H,2-3,9-10H2,1H3,(H,15,16). The van der Waals surface area contributed by atoms with E-state index in [1.807, 2.05) is 25.1 Å². The zero-order chi connectivity index (χ0) is 11.6. The second-order valence-electron chi connectivity index (χ2n) is 4.36.